The molecule has 1 aromatic heterocycles. The number of carbonyl (C=O) groups is 1. The second-order valence-electron chi connectivity index (χ2n) is 5.45. The van der Waals surface area contributed by atoms with E-state index in [0.29, 0.717) is 11.3 Å². The van der Waals surface area contributed by atoms with Crippen molar-refractivity contribution in [3.8, 4) is 0 Å². The van der Waals surface area contributed by atoms with Crippen molar-refractivity contribution >= 4 is 34.3 Å². The van der Waals surface area contributed by atoms with E-state index >= 15 is 0 Å². The Labute approximate surface area is 144 Å². The smallest absolute Gasteiger partial charge is 0.274 e. The number of nitro benzene ring substituents is 1. The molecule has 0 atom stereocenters. The van der Waals surface area contributed by atoms with Gasteiger partial charge in [-0.15, -0.1) is 0 Å². The van der Waals surface area contributed by atoms with Gasteiger partial charge in [-0.25, -0.2) is 0 Å². The molecule has 0 saturated heterocycles. The van der Waals surface area contributed by atoms with Crippen LogP contribution in [0.1, 0.15) is 11.1 Å². The zero-order chi connectivity index (χ0) is 17.8. The van der Waals surface area contributed by atoms with Gasteiger partial charge in [0.15, 0.2) is 0 Å². The van der Waals surface area contributed by atoms with Crippen molar-refractivity contribution in [1.29, 1.82) is 0 Å². The second kappa shape index (κ2) is 6.92. The molecule has 1 N–H and O–H groups in total. The number of pyridine rings is 1. The molecule has 2 aromatic carbocycles. The molecule has 6 heteroatoms. The Kier molecular flexibility index (Phi) is 4.52. The van der Waals surface area contributed by atoms with Crippen LogP contribution in [0.2, 0.25) is 0 Å². The molecule has 0 unspecified atom stereocenters. The summed E-state index contributed by atoms with van der Waals surface area (Å²) in [5.74, 6) is -0.364. The number of nitrogens with zero attached hydrogens (tertiary/aromatic N) is 2. The first-order valence-electron chi connectivity index (χ1n) is 7.63. The molecular weight excluding hydrogens is 318 g/mol. The Morgan fingerprint density at radius 3 is 2.72 bits per heavy atom. The summed E-state index contributed by atoms with van der Waals surface area (Å²) >= 11 is 0. The van der Waals surface area contributed by atoms with Gasteiger partial charge in [0.1, 0.15) is 0 Å². The van der Waals surface area contributed by atoms with Gasteiger partial charge in [-0.3, -0.25) is 19.9 Å². The molecule has 0 fully saturated rings. The van der Waals surface area contributed by atoms with Crippen LogP contribution in [0.5, 0.6) is 0 Å². The van der Waals surface area contributed by atoms with Crippen LogP contribution in [-0.2, 0) is 4.79 Å². The summed E-state index contributed by atoms with van der Waals surface area (Å²) in [5.41, 5.74) is 2.44. The maximum Gasteiger partial charge on any atom is 0.274 e. The first-order chi connectivity index (χ1) is 12.1. The molecule has 25 heavy (non-hydrogen) atoms. The predicted molar refractivity (Wildman–Crippen MR) is 97.2 cm³/mol. The molecule has 6 nitrogen and oxygen atoms in total. The van der Waals surface area contributed by atoms with E-state index in [1.54, 1.807) is 31.3 Å². The highest BCUT2D eigenvalue weighted by atomic mass is 16.6. The van der Waals surface area contributed by atoms with Crippen molar-refractivity contribution in [2.75, 3.05) is 5.32 Å². The quantitative estimate of drug-likeness (QED) is 0.442. The average Bonchev–Trinajstić information content (AvgIpc) is 2.61. The number of amides is 1. The van der Waals surface area contributed by atoms with Crippen LogP contribution in [0, 0.1) is 17.0 Å². The highest BCUT2D eigenvalue weighted by Crippen LogP contribution is 2.25. The molecule has 0 aliphatic heterocycles. The standard InChI is InChI=1S/C19H15N3O3/c1-13-16(8-3-9-17(13)22(24)25)21-18(23)11-10-15-6-2-5-14-7-4-12-20-19(14)15/h2-12H,1H3,(H,21,23)/b11-10+. The lowest BCUT2D eigenvalue weighted by atomic mass is 10.1. The fourth-order valence-corrected chi connectivity index (χ4v) is 2.56. The third kappa shape index (κ3) is 3.53. The van der Waals surface area contributed by atoms with E-state index in [2.05, 4.69) is 10.3 Å². The van der Waals surface area contributed by atoms with Gasteiger partial charge in [-0.1, -0.05) is 30.3 Å². The van der Waals surface area contributed by atoms with Crippen LogP contribution in [0.25, 0.3) is 17.0 Å². The van der Waals surface area contributed by atoms with Gasteiger partial charge in [0.25, 0.3) is 5.69 Å². The minimum Gasteiger partial charge on any atom is -0.322 e. The summed E-state index contributed by atoms with van der Waals surface area (Å²) in [6, 6.07) is 14.1. The zero-order valence-corrected chi connectivity index (χ0v) is 13.5. The normalized spacial score (nSPS) is 10.9. The highest BCUT2D eigenvalue weighted by molar-refractivity contribution is 6.03. The average molecular weight is 333 g/mol. The van der Waals surface area contributed by atoms with Gasteiger partial charge < -0.3 is 5.32 Å². The van der Waals surface area contributed by atoms with E-state index < -0.39 is 4.92 Å². The Morgan fingerprint density at radius 1 is 1.16 bits per heavy atom. The van der Waals surface area contributed by atoms with Crippen molar-refractivity contribution in [1.82, 2.24) is 4.98 Å². The van der Waals surface area contributed by atoms with Gasteiger partial charge in [0.2, 0.25) is 5.91 Å². The van der Waals surface area contributed by atoms with Crippen LogP contribution in [0.15, 0.2) is 60.8 Å². The van der Waals surface area contributed by atoms with Gasteiger partial charge in [0, 0.05) is 29.3 Å². The molecule has 0 aliphatic rings. The van der Waals surface area contributed by atoms with Crippen LogP contribution in [-0.4, -0.2) is 15.8 Å². The van der Waals surface area contributed by atoms with Crippen LogP contribution in [0.4, 0.5) is 11.4 Å². The number of nitro groups is 1. The molecule has 3 rings (SSSR count). The lowest BCUT2D eigenvalue weighted by molar-refractivity contribution is -0.385. The number of hydrogen-bond donors (Lipinski definition) is 1. The Balaban J connectivity index is 1.82. The van der Waals surface area contributed by atoms with Crippen molar-refractivity contribution in [2.45, 2.75) is 6.92 Å². The number of anilines is 1. The summed E-state index contributed by atoms with van der Waals surface area (Å²) in [7, 11) is 0. The summed E-state index contributed by atoms with van der Waals surface area (Å²) < 4.78 is 0. The summed E-state index contributed by atoms with van der Waals surface area (Å²) in [6.45, 7) is 1.60. The topological polar surface area (TPSA) is 85.1 Å². The molecule has 3 aromatic rings. The number of carbonyl (C=O) groups excluding carboxylic acids is 1. The van der Waals surface area contributed by atoms with Crippen molar-refractivity contribution in [3.05, 3.63) is 82.0 Å². The van der Waals surface area contributed by atoms with E-state index in [0.717, 1.165) is 16.5 Å². The van der Waals surface area contributed by atoms with E-state index in [4.69, 9.17) is 0 Å². The Bertz CT molecular complexity index is 991. The molecular formula is C19H15N3O3. The lowest BCUT2D eigenvalue weighted by Crippen LogP contribution is -2.09. The van der Waals surface area contributed by atoms with Gasteiger partial charge in [-0.05, 0) is 25.1 Å². The predicted octanol–water partition coefficient (Wildman–Crippen LogP) is 4.10. The summed E-state index contributed by atoms with van der Waals surface area (Å²) in [5, 5.41) is 14.6. The minimum atomic E-state index is -0.470. The molecule has 0 saturated carbocycles. The minimum absolute atomic E-state index is 0.0277. The molecule has 0 bridgehead atoms. The molecule has 0 radical (unpaired) electrons. The first kappa shape index (κ1) is 16.3. The number of fused-ring (bicyclic) bond motifs is 1. The van der Waals surface area contributed by atoms with Gasteiger partial charge in [0.05, 0.1) is 21.7 Å². The van der Waals surface area contributed by atoms with Crippen LogP contribution in [0.3, 0.4) is 0 Å². The van der Waals surface area contributed by atoms with Crippen molar-refractivity contribution < 1.29 is 9.72 Å². The van der Waals surface area contributed by atoms with Crippen molar-refractivity contribution in [2.24, 2.45) is 0 Å². The lowest BCUT2D eigenvalue weighted by Gasteiger charge is -2.06. The largest absolute Gasteiger partial charge is 0.322 e. The molecule has 0 spiro atoms. The second-order valence-corrected chi connectivity index (χ2v) is 5.45. The fourth-order valence-electron chi connectivity index (χ4n) is 2.56. The SMILES string of the molecule is Cc1c(NC(=O)/C=C/c2cccc3cccnc23)cccc1[N+](=O)[O-]. The summed E-state index contributed by atoms with van der Waals surface area (Å²) in [4.78, 5) is 27.0. The number of benzene rings is 2. The molecule has 0 aliphatic carbocycles. The summed E-state index contributed by atoms with van der Waals surface area (Å²) in [6.07, 6.45) is 4.77. The number of rotatable bonds is 4. The highest BCUT2D eigenvalue weighted by Gasteiger charge is 2.13. The monoisotopic (exact) mass is 333 g/mol. The third-order valence-corrected chi connectivity index (χ3v) is 3.84. The maximum atomic E-state index is 12.2. The zero-order valence-electron chi connectivity index (χ0n) is 13.5. The number of hydrogen-bond acceptors (Lipinski definition) is 4. The maximum absolute atomic E-state index is 12.2. The number of aromatic nitrogens is 1. The van der Waals surface area contributed by atoms with E-state index in [-0.39, 0.29) is 11.6 Å². The molecule has 124 valence electrons. The Hall–Kier alpha value is -3.54. The van der Waals surface area contributed by atoms with Crippen LogP contribution < -0.4 is 5.32 Å². The number of nitrogens with one attached hydrogen (secondary N) is 1. The fraction of sp³-hybridized carbons (Fsp3) is 0.0526. The number of para-hydroxylation sites is 1. The van der Waals surface area contributed by atoms with Crippen LogP contribution >= 0.6 is 0 Å². The first-order valence-corrected chi connectivity index (χ1v) is 7.63. The molecule has 1 amide bonds. The van der Waals surface area contributed by atoms with Gasteiger partial charge >= 0.3 is 0 Å². The van der Waals surface area contributed by atoms with E-state index in [1.807, 2.05) is 30.3 Å². The van der Waals surface area contributed by atoms with Gasteiger partial charge in [-0.2, -0.15) is 0 Å². The van der Waals surface area contributed by atoms with E-state index in [1.165, 1.54) is 12.1 Å². The Morgan fingerprint density at radius 2 is 1.92 bits per heavy atom. The van der Waals surface area contributed by atoms with Crippen molar-refractivity contribution in [3.63, 3.8) is 0 Å². The van der Waals surface area contributed by atoms with E-state index in [9.17, 15) is 14.9 Å². The third-order valence-electron chi connectivity index (χ3n) is 3.84. The molecule has 1 heterocycles.